The van der Waals surface area contributed by atoms with Crippen LogP contribution in [0.4, 0.5) is 4.39 Å². The molecule has 2 heterocycles. The summed E-state index contributed by atoms with van der Waals surface area (Å²) in [7, 11) is 0. The van der Waals surface area contributed by atoms with Gasteiger partial charge in [0.05, 0.1) is 0 Å². The standard InChI is InChI=1S/C22H21FN2O.2ClH.H2O/c23-20-8-5-17(6-9-20)19-11-16(12-24-14-19)13-25-15-21-10-7-18-3-1-2-4-22(18)26-21;;;/h1-6,8-9,11-12,14,21,25H,7,10,13,15H2;2*1H;1H2/t21-;;;/m0.../s1. The van der Waals surface area contributed by atoms with E-state index in [1.165, 1.54) is 17.7 Å². The molecule has 0 saturated carbocycles. The summed E-state index contributed by atoms with van der Waals surface area (Å²) >= 11 is 0. The molecule has 4 rings (SSSR count). The maximum absolute atomic E-state index is 13.1. The number of ether oxygens (including phenoxy) is 1. The van der Waals surface area contributed by atoms with Gasteiger partial charge >= 0.3 is 0 Å². The molecule has 2 aromatic carbocycles. The molecule has 1 atom stereocenters. The Balaban J connectivity index is 0.00000140. The van der Waals surface area contributed by atoms with Gasteiger partial charge in [-0.1, -0.05) is 30.3 Å². The SMILES string of the molecule is Cl.Cl.Fc1ccc(-c2cncc(CNC[C@@H]3CCc4ccccc4O3)c2)cc1.O. The van der Waals surface area contributed by atoms with Crippen LogP contribution in [0.5, 0.6) is 5.75 Å². The van der Waals surface area contributed by atoms with Crippen LogP contribution in [0.2, 0.25) is 0 Å². The third-order valence-corrected chi connectivity index (χ3v) is 4.68. The van der Waals surface area contributed by atoms with Gasteiger partial charge in [-0.25, -0.2) is 4.39 Å². The number of halogens is 3. The first-order chi connectivity index (χ1) is 12.8. The quantitative estimate of drug-likeness (QED) is 0.642. The van der Waals surface area contributed by atoms with Crippen LogP contribution in [-0.2, 0) is 13.0 Å². The number of nitrogens with one attached hydrogen (secondary N) is 1. The van der Waals surface area contributed by atoms with E-state index >= 15 is 0 Å². The van der Waals surface area contributed by atoms with Crippen molar-refractivity contribution in [3.63, 3.8) is 0 Å². The molecule has 29 heavy (non-hydrogen) atoms. The van der Waals surface area contributed by atoms with Crippen molar-refractivity contribution < 1.29 is 14.6 Å². The summed E-state index contributed by atoms with van der Waals surface area (Å²) in [6.07, 6.45) is 5.94. The Morgan fingerprint density at radius 1 is 1.00 bits per heavy atom. The average molecular weight is 439 g/mol. The van der Waals surface area contributed by atoms with E-state index in [2.05, 4.69) is 28.5 Å². The second-order valence-corrected chi connectivity index (χ2v) is 6.61. The molecule has 0 spiro atoms. The van der Waals surface area contributed by atoms with Gasteiger partial charge in [-0.3, -0.25) is 4.98 Å². The highest BCUT2D eigenvalue weighted by Gasteiger charge is 2.18. The number of hydrogen-bond donors (Lipinski definition) is 1. The van der Waals surface area contributed by atoms with Gasteiger partial charge in [0.25, 0.3) is 0 Å². The van der Waals surface area contributed by atoms with Gasteiger partial charge in [-0.2, -0.15) is 0 Å². The van der Waals surface area contributed by atoms with Gasteiger partial charge in [0, 0.05) is 31.0 Å². The predicted molar refractivity (Wildman–Crippen MR) is 119 cm³/mol. The van der Waals surface area contributed by atoms with E-state index in [1.54, 1.807) is 18.3 Å². The van der Waals surface area contributed by atoms with Crippen LogP contribution >= 0.6 is 24.8 Å². The molecule has 0 bridgehead atoms. The summed E-state index contributed by atoms with van der Waals surface area (Å²) in [5.74, 6) is 0.777. The lowest BCUT2D eigenvalue weighted by Gasteiger charge is -2.26. The summed E-state index contributed by atoms with van der Waals surface area (Å²) in [6.45, 7) is 1.53. The normalized spacial score (nSPS) is 14.3. The molecule has 1 aliphatic rings. The van der Waals surface area contributed by atoms with E-state index in [0.717, 1.165) is 48.4 Å². The number of para-hydroxylation sites is 1. The van der Waals surface area contributed by atoms with Crippen molar-refractivity contribution in [1.82, 2.24) is 10.3 Å². The highest BCUT2D eigenvalue weighted by Crippen LogP contribution is 2.26. The largest absolute Gasteiger partial charge is 0.489 e. The second-order valence-electron chi connectivity index (χ2n) is 6.61. The third-order valence-electron chi connectivity index (χ3n) is 4.68. The van der Waals surface area contributed by atoms with Crippen molar-refractivity contribution in [2.45, 2.75) is 25.5 Å². The highest BCUT2D eigenvalue weighted by molar-refractivity contribution is 5.85. The Morgan fingerprint density at radius 2 is 1.76 bits per heavy atom. The lowest BCUT2D eigenvalue weighted by molar-refractivity contribution is 0.170. The van der Waals surface area contributed by atoms with Crippen LogP contribution < -0.4 is 10.1 Å². The van der Waals surface area contributed by atoms with Crippen LogP contribution in [0, 0.1) is 5.82 Å². The number of rotatable bonds is 5. The molecule has 156 valence electrons. The molecule has 3 aromatic rings. The summed E-state index contributed by atoms with van der Waals surface area (Å²) in [6, 6.07) is 16.8. The first-order valence-corrected chi connectivity index (χ1v) is 8.93. The molecule has 0 amide bonds. The van der Waals surface area contributed by atoms with Gasteiger partial charge in [-0.05, 0) is 53.8 Å². The number of aryl methyl sites for hydroxylation is 1. The summed E-state index contributed by atoms with van der Waals surface area (Å²) < 4.78 is 19.1. The Bertz CT molecular complexity index is 894. The van der Waals surface area contributed by atoms with Crippen molar-refractivity contribution in [3.8, 4) is 16.9 Å². The zero-order valence-electron chi connectivity index (χ0n) is 15.8. The van der Waals surface area contributed by atoms with Gasteiger partial charge in [0.15, 0.2) is 0 Å². The van der Waals surface area contributed by atoms with Crippen molar-refractivity contribution in [1.29, 1.82) is 0 Å². The Labute approximate surface area is 182 Å². The minimum atomic E-state index is -0.228. The van der Waals surface area contributed by atoms with Crippen LogP contribution in [-0.4, -0.2) is 23.1 Å². The molecule has 4 nitrogen and oxygen atoms in total. The van der Waals surface area contributed by atoms with E-state index in [4.69, 9.17) is 4.74 Å². The van der Waals surface area contributed by atoms with E-state index in [1.807, 2.05) is 18.3 Å². The fourth-order valence-corrected chi connectivity index (χ4v) is 3.29. The monoisotopic (exact) mass is 438 g/mol. The number of aromatic nitrogens is 1. The maximum atomic E-state index is 13.1. The van der Waals surface area contributed by atoms with Gasteiger partial charge < -0.3 is 15.5 Å². The molecule has 0 fully saturated rings. The van der Waals surface area contributed by atoms with Crippen LogP contribution in [0.1, 0.15) is 17.5 Å². The van der Waals surface area contributed by atoms with E-state index in [-0.39, 0.29) is 42.2 Å². The minimum Gasteiger partial charge on any atom is -0.489 e. The number of pyridine rings is 1. The second kappa shape index (κ2) is 11.7. The Morgan fingerprint density at radius 3 is 2.55 bits per heavy atom. The van der Waals surface area contributed by atoms with Crippen LogP contribution in [0.3, 0.4) is 0 Å². The molecule has 0 radical (unpaired) electrons. The number of hydrogen-bond acceptors (Lipinski definition) is 3. The fraction of sp³-hybridized carbons (Fsp3) is 0.227. The Kier molecular flexibility index (Phi) is 10.1. The molecular weight excluding hydrogens is 414 g/mol. The molecule has 1 aromatic heterocycles. The zero-order valence-corrected chi connectivity index (χ0v) is 17.4. The van der Waals surface area contributed by atoms with Gasteiger partial charge in [0.1, 0.15) is 17.7 Å². The Hall–Kier alpha value is -2.18. The predicted octanol–water partition coefficient (Wildman–Crippen LogP) is 4.39. The lowest BCUT2D eigenvalue weighted by Crippen LogP contribution is -2.33. The number of benzene rings is 2. The molecule has 0 saturated heterocycles. The number of nitrogens with zero attached hydrogens (tertiary/aromatic N) is 1. The minimum absolute atomic E-state index is 0. The average Bonchev–Trinajstić information content (AvgIpc) is 2.69. The molecule has 0 unspecified atom stereocenters. The summed E-state index contributed by atoms with van der Waals surface area (Å²) in [5, 5.41) is 3.47. The third kappa shape index (κ3) is 6.41. The molecule has 7 heteroatoms. The first kappa shape index (κ1) is 24.9. The first-order valence-electron chi connectivity index (χ1n) is 8.93. The van der Waals surface area contributed by atoms with Crippen molar-refractivity contribution in [2.75, 3.05) is 6.54 Å². The van der Waals surface area contributed by atoms with Crippen molar-refractivity contribution in [2.24, 2.45) is 0 Å². The molecule has 0 aliphatic carbocycles. The van der Waals surface area contributed by atoms with Gasteiger partial charge in [0.2, 0.25) is 0 Å². The topological polar surface area (TPSA) is 65.7 Å². The molecule has 1 aliphatic heterocycles. The van der Waals surface area contributed by atoms with Gasteiger partial charge in [-0.15, -0.1) is 24.8 Å². The smallest absolute Gasteiger partial charge is 0.123 e. The highest BCUT2D eigenvalue weighted by atomic mass is 35.5. The number of fused-ring (bicyclic) bond motifs is 1. The zero-order chi connectivity index (χ0) is 17.8. The lowest BCUT2D eigenvalue weighted by atomic mass is 10.0. The van der Waals surface area contributed by atoms with Crippen molar-refractivity contribution >= 4 is 24.8 Å². The van der Waals surface area contributed by atoms with Crippen molar-refractivity contribution in [3.05, 3.63) is 83.9 Å². The van der Waals surface area contributed by atoms with E-state index in [9.17, 15) is 4.39 Å². The summed E-state index contributed by atoms with van der Waals surface area (Å²) in [4.78, 5) is 4.31. The molecular formula is C22H25Cl2FN2O2. The van der Waals surface area contributed by atoms with E-state index < -0.39 is 0 Å². The van der Waals surface area contributed by atoms with E-state index in [0.29, 0.717) is 0 Å². The fourth-order valence-electron chi connectivity index (χ4n) is 3.29. The van der Waals surface area contributed by atoms with Crippen LogP contribution in [0.25, 0.3) is 11.1 Å². The summed E-state index contributed by atoms with van der Waals surface area (Å²) in [5.41, 5.74) is 4.35. The maximum Gasteiger partial charge on any atom is 0.123 e. The molecule has 3 N–H and O–H groups in total. The van der Waals surface area contributed by atoms with Crippen LogP contribution in [0.15, 0.2) is 67.0 Å².